The third kappa shape index (κ3) is 5.04. The Morgan fingerprint density at radius 3 is 2.40 bits per heavy atom. The molecule has 198 valence electrons. The van der Waals surface area contributed by atoms with Crippen LogP contribution in [-0.4, -0.2) is 42.7 Å². The van der Waals surface area contributed by atoms with E-state index in [9.17, 15) is 4.79 Å². The minimum atomic E-state index is -0.160. The average Bonchev–Trinajstić information content (AvgIpc) is 3.66. The second-order valence-corrected chi connectivity index (χ2v) is 9.23. The molecule has 0 aliphatic rings. The van der Waals surface area contributed by atoms with Crippen molar-refractivity contribution in [3.8, 4) is 28.5 Å². The number of benzene rings is 4. The second kappa shape index (κ2) is 11.2. The Morgan fingerprint density at radius 1 is 0.875 bits per heavy atom. The molecule has 6 rings (SSSR count). The Hall–Kier alpha value is -5.31. The van der Waals surface area contributed by atoms with E-state index >= 15 is 0 Å². The Bertz CT molecular complexity index is 1740. The molecule has 0 bridgehead atoms. The molecule has 0 spiro atoms. The zero-order valence-corrected chi connectivity index (χ0v) is 21.9. The highest BCUT2D eigenvalue weighted by Gasteiger charge is 2.19. The number of hydrogen-bond acceptors (Lipinski definition) is 6. The molecule has 9 heteroatoms. The molecule has 0 atom stereocenters. The van der Waals surface area contributed by atoms with Crippen molar-refractivity contribution in [1.29, 1.82) is 0 Å². The summed E-state index contributed by atoms with van der Waals surface area (Å²) in [6.07, 6.45) is 0. The average molecular weight is 530 g/mol. The fraction of sp³-hybridized carbons (Fsp3) is 0.129. The predicted octanol–water partition coefficient (Wildman–Crippen LogP) is 5.26. The van der Waals surface area contributed by atoms with Crippen LogP contribution in [0.2, 0.25) is 0 Å². The predicted molar refractivity (Wildman–Crippen MR) is 153 cm³/mol. The molecule has 0 aliphatic heterocycles. The van der Waals surface area contributed by atoms with Gasteiger partial charge in [-0.2, -0.15) is 10.2 Å². The number of para-hydroxylation sites is 1. The van der Waals surface area contributed by atoms with E-state index in [0.717, 1.165) is 33.3 Å². The molecule has 0 saturated heterocycles. The first kappa shape index (κ1) is 25.0. The number of hydrogen-bond donors (Lipinski definition) is 2. The highest BCUT2D eigenvalue weighted by Crippen LogP contribution is 2.31. The largest absolute Gasteiger partial charge is 0.465 e. The third-order valence-electron chi connectivity index (χ3n) is 6.66. The van der Waals surface area contributed by atoms with Crippen LogP contribution in [0, 0.1) is 0 Å². The topological polar surface area (TPSA) is 111 Å². The van der Waals surface area contributed by atoms with Crippen LogP contribution in [0.1, 0.15) is 28.4 Å². The van der Waals surface area contributed by atoms with Crippen LogP contribution in [0.5, 0.6) is 6.01 Å². The summed E-state index contributed by atoms with van der Waals surface area (Å²) in [4.78, 5) is 18.0. The molecule has 2 N–H and O–H groups in total. The molecule has 6 aromatic rings. The summed E-state index contributed by atoms with van der Waals surface area (Å²) >= 11 is 0. The zero-order valence-electron chi connectivity index (χ0n) is 21.9. The number of fused-ring (bicyclic) bond motifs is 1. The highest BCUT2D eigenvalue weighted by molar-refractivity contribution is 6.05. The molecule has 0 saturated carbocycles. The van der Waals surface area contributed by atoms with Crippen LogP contribution in [0.15, 0.2) is 97.1 Å². The lowest BCUT2D eigenvalue weighted by molar-refractivity contribution is 0.0952. The fourth-order valence-corrected chi connectivity index (χ4v) is 4.78. The van der Waals surface area contributed by atoms with Crippen LogP contribution < -0.4 is 10.1 Å². The molecule has 2 aromatic heterocycles. The number of ether oxygens (including phenoxy) is 1. The molecule has 4 aromatic carbocycles. The van der Waals surface area contributed by atoms with Crippen molar-refractivity contribution < 1.29 is 9.53 Å². The zero-order chi connectivity index (χ0) is 27.3. The van der Waals surface area contributed by atoms with Crippen LogP contribution in [0.4, 0.5) is 0 Å². The number of carbonyl (C=O) groups is 1. The van der Waals surface area contributed by atoms with E-state index in [1.807, 2.05) is 84.3 Å². The van der Waals surface area contributed by atoms with E-state index in [1.165, 1.54) is 0 Å². The summed E-state index contributed by atoms with van der Waals surface area (Å²) in [5.41, 5.74) is 7.02. The van der Waals surface area contributed by atoms with Crippen molar-refractivity contribution in [3.05, 3.63) is 114 Å². The molecule has 9 nitrogen and oxygen atoms in total. The number of aromatic nitrogens is 6. The van der Waals surface area contributed by atoms with Gasteiger partial charge in [-0.25, -0.2) is 0 Å². The van der Waals surface area contributed by atoms with E-state index in [2.05, 4.69) is 50.2 Å². The van der Waals surface area contributed by atoms with Gasteiger partial charge in [0.25, 0.3) is 11.9 Å². The van der Waals surface area contributed by atoms with Crippen molar-refractivity contribution in [1.82, 2.24) is 35.5 Å². The molecule has 0 radical (unpaired) electrons. The molecule has 1 amide bonds. The van der Waals surface area contributed by atoms with Crippen LogP contribution in [0.3, 0.4) is 0 Å². The number of nitrogens with zero attached hydrogens (tertiary/aromatic N) is 5. The standard InChI is InChI=1S/C31H27N7O2/c1-2-40-31-33-27-14-8-13-26(30(39)32-19-21-9-4-3-5-10-21)28(27)38(31)20-22-15-17-23(18-16-22)24-11-6-7-12-25(24)29-34-36-37-35-29/h3-18H,2,19-20H2,1H3,(H,32,39)(H,34,35,36,37). The van der Waals surface area contributed by atoms with Gasteiger partial charge in [0.05, 0.1) is 29.7 Å². The maximum absolute atomic E-state index is 13.3. The van der Waals surface area contributed by atoms with Crippen LogP contribution >= 0.6 is 0 Å². The summed E-state index contributed by atoms with van der Waals surface area (Å²) < 4.78 is 7.88. The van der Waals surface area contributed by atoms with Gasteiger partial charge >= 0.3 is 0 Å². The van der Waals surface area contributed by atoms with Gasteiger partial charge in [0.15, 0.2) is 0 Å². The minimum absolute atomic E-state index is 0.160. The first-order valence-corrected chi connectivity index (χ1v) is 13.1. The number of tetrazole rings is 1. The first-order valence-electron chi connectivity index (χ1n) is 13.1. The molecule has 0 unspecified atom stereocenters. The molecular formula is C31H27N7O2. The Kier molecular flexibility index (Phi) is 7.00. The number of nitrogens with one attached hydrogen (secondary N) is 2. The minimum Gasteiger partial charge on any atom is -0.465 e. The van der Waals surface area contributed by atoms with Gasteiger partial charge < -0.3 is 10.1 Å². The van der Waals surface area contributed by atoms with Gasteiger partial charge in [-0.3, -0.25) is 9.36 Å². The number of imidazole rings is 1. The van der Waals surface area contributed by atoms with Gasteiger partial charge in [-0.05, 0) is 46.5 Å². The summed E-state index contributed by atoms with van der Waals surface area (Å²) in [5.74, 6) is 0.385. The Labute approximate surface area is 230 Å². The smallest absolute Gasteiger partial charge is 0.297 e. The second-order valence-electron chi connectivity index (χ2n) is 9.23. The number of aromatic amines is 1. The van der Waals surface area contributed by atoms with E-state index in [-0.39, 0.29) is 5.91 Å². The number of amides is 1. The van der Waals surface area contributed by atoms with Crippen molar-refractivity contribution in [2.24, 2.45) is 0 Å². The van der Waals surface area contributed by atoms with Crippen molar-refractivity contribution in [2.75, 3.05) is 6.61 Å². The van der Waals surface area contributed by atoms with Gasteiger partial charge in [-0.15, -0.1) is 10.2 Å². The van der Waals surface area contributed by atoms with Gasteiger partial charge in [0.1, 0.15) is 0 Å². The summed E-state index contributed by atoms with van der Waals surface area (Å²) in [5, 5.41) is 17.6. The monoisotopic (exact) mass is 529 g/mol. The van der Waals surface area contributed by atoms with Crippen LogP contribution in [0.25, 0.3) is 33.5 Å². The van der Waals surface area contributed by atoms with Gasteiger partial charge in [-0.1, -0.05) is 84.9 Å². The lowest BCUT2D eigenvalue weighted by atomic mass is 9.98. The normalized spacial score (nSPS) is 11.0. The van der Waals surface area contributed by atoms with Crippen molar-refractivity contribution in [2.45, 2.75) is 20.0 Å². The van der Waals surface area contributed by atoms with E-state index in [4.69, 9.17) is 9.72 Å². The maximum atomic E-state index is 13.3. The van der Waals surface area contributed by atoms with Crippen molar-refractivity contribution >= 4 is 16.9 Å². The molecular weight excluding hydrogens is 502 g/mol. The number of rotatable bonds is 9. The maximum Gasteiger partial charge on any atom is 0.297 e. The first-order chi connectivity index (χ1) is 19.7. The summed E-state index contributed by atoms with van der Waals surface area (Å²) in [6, 6.07) is 32.2. The summed E-state index contributed by atoms with van der Waals surface area (Å²) in [6.45, 7) is 3.31. The van der Waals surface area contributed by atoms with Crippen LogP contribution in [-0.2, 0) is 13.1 Å². The van der Waals surface area contributed by atoms with Crippen molar-refractivity contribution in [3.63, 3.8) is 0 Å². The van der Waals surface area contributed by atoms with E-state index < -0.39 is 0 Å². The lowest BCUT2D eigenvalue weighted by Crippen LogP contribution is -2.23. The molecule has 40 heavy (non-hydrogen) atoms. The van der Waals surface area contributed by atoms with Gasteiger partial charge in [0.2, 0.25) is 5.82 Å². The lowest BCUT2D eigenvalue weighted by Gasteiger charge is -2.13. The number of H-pyrrole nitrogens is 1. The third-order valence-corrected chi connectivity index (χ3v) is 6.66. The molecule has 2 heterocycles. The van der Waals surface area contributed by atoms with E-state index in [1.54, 1.807) is 0 Å². The Morgan fingerprint density at radius 2 is 1.65 bits per heavy atom. The highest BCUT2D eigenvalue weighted by atomic mass is 16.5. The molecule has 0 aliphatic carbocycles. The van der Waals surface area contributed by atoms with E-state index in [0.29, 0.717) is 42.6 Å². The number of carbonyl (C=O) groups excluding carboxylic acids is 1. The summed E-state index contributed by atoms with van der Waals surface area (Å²) in [7, 11) is 0. The Balaban J connectivity index is 1.32. The quantitative estimate of drug-likeness (QED) is 0.264. The van der Waals surface area contributed by atoms with Gasteiger partial charge in [0, 0.05) is 12.1 Å². The fourth-order valence-electron chi connectivity index (χ4n) is 4.78. The molecule has 0 fully saturated rings. The SMILES string of the molecule is CCOc1nc2cccc(C(=O)NCc3ccccc3)c2n1Cc1ccc(-c2ccccc2-c2nn[nH]n2)cc1.